The SMILES string of the molecule is COCCNCCc1c(C)nc(-c2ccncn2)nc1C. The van der Waals surface area contributed by atoms with Gasteiger partial charge < -0.3 is 10.1 Å². The van der Waals surface area contributed by atoms with Crippen molar-refractivity contribution >= 4 is 0 Å². The van der Waals surface area contributed by atoms with E-state index in [4.69, 9.17) is 4.74 Å². The Morgan fingerprint density at radius 2 is 1.90 bits per heavy atom. The number of rotatable bonds is 7. The lowest BCUT2D eigenvalue weighted by Gasteiger charge is -2.11. The lowest BCUT2D eigenvalue weighted by molar-refractivity contribution is 0.199. The Hall–Kier alpha value is -1.92. The Morgan fingerprint density at radius 1 is 1.14 bits per heavy atom. The van der Waals surface area contributed by atoms with Crippen molar-refractivity contribution in [2.75, 3.05) is 26.8 Å². The molecule has 0 saturated heterocycles. The molecule has 0 unspecified atom stereocenters. The van der Waals surface area contributed by atoms with E-state index in [1.54, 1.807) is 13.3 Å². The topological polar surface area (TPSA) is 72.8 Å². The van der Waals surface area contributed by atoms with Crippen LogP contribution in [-0.4, -0.2) is 46.7 Å². The summed E-state index contributed by atoms with van der Waals surface area (Å²) in [6.45, 7) is 6.50. The highest BCUT2D eigenvalue weighted by atomic mass is 16.5. The molecule has 0 amide bonds. The summed E-state index contributed by atoms with van der Waals surface area (Å²) >= 11 is 0. The first-order valence-electron chi connectivity index (χ1n) is 7.02. The summed E-state index contributed by atoms with van der Waals surface area (Å²) in [5.41, 5.74) is 3.95. The minimum Gasteiger partial charge on any atom is -0.383 e. The minimum absolute atomic E-state index is 0.656. The Labute approximate surface area is 125 Å². The summed E-state index contributed by atoms with van der Waals surface area (Å²) in [7, 11) is 1.70. The summed E-state index contributed by atoms with van der Waals surface area (Å²) in [6, 6.07) is 1.82. The van der Waals surface area contributed by atoms with Crippen molar-refractivity contribution in [1.29, 1.82) is 0 Å². The van der Waals surface area contributed by atoms with E-state index in [9.17, 15) is 0 Å². The molecule has 1 N–H and O–H groups in total. The largest absolute Gasteiger partial charge is 0.383 e. The van der Waals surface area contributed by atoms with Gasteiger partial charge in [0.25, 0.3) is 0 Å². The van der Waals surface area contributed by atoms with Crippen molar-refractivity contribution in [1.82, 2.24) is 25.3 Å². The van der Waals surface area contributed by atoms with E-state index in [0.717, 1.165) is 43.2 Å². The van der Waals surface area contributed by atoms with E-state index < -0.39 is 0 Å². The van der Waals surface area contributed by atoms with Crippen LogP contribution in [0.3, 0.4) is 0 Å². The first-order chi connectivity index (χ1) is 10.2. The minimum atomic E-state index is 0.656. The quantitative estimate of drug-likeness (QED) is 0.775. The zero-order valence-corrected chi connectivity index (χ0v) is 12.8. The molecule has 0 atom stereocenters. The number of aryl methyl sites for hydroxylation is 2. The lowest BCUT2D eigenvalue weighted by atomic mass is 10.1. The second kappa shape index (κ2) is 7.75. The van der Waals surface area contributed by atoms with Crippen molar-refractivity contribution < 1.29 is 4.74 Å². The number of nitrogens with zero attached hydrogens (tertiary/aromatic N) is 4. The molecule has 0 aliphatic carbocycles. The molecule has 0 aromatic carbocycles. The lowest BCUT2D eigenvalue weighted by Crippen LogP contribution is -2.22. The molecule has 0 bridgehead atoms. The Kier molecular flexibility index (Phi) is 5.71. The summed E-state index contributed by atoms with van der Waals surface area (Å²) in [6.07, 6.45) is 4.12. The Morgan fingerprint density at radius 3 is 2.52 bits per heavy atom. The average Bonchev–Trinajstić information content (AvgIpc) is 2.50. The van der Waals surface area contributed by atoms with Crippen LogP contribution in [0.5, 0.6) is 0 Å². The molecule has 6 heteroatoms. The van der Waals surface area contributed by atoms with E-state index in [1.165, 1.54) is 11.9 Å². The maximum Gasteiger partial charge on any atom is 0.178 e. The summed E-state index contributed by atoms with van der Waals surface area (Å²) < 4.78 is 5.01. The van der Waals surface area contributed by atoms with Gasteiger partial charge in [-0.25, -0.2) is 19.9 Å². The van der Waals surface area contributed by atoms with Gasteiger partial charge in [-0.2, -0.15) is 0 Å². The van der Waals surface area contributed by atoms with Gasteiger partial charge in [-0.15, -0.1) is 0 Å². The summed E-state index contributed by atoms with van der Waals surface area (Å²) in [4.78, 5) is 17.2. The van der Waals surface area contributed by atoms with Crippen molar-refractivity contribution in [3.63, 3.8) is 0 Å². The monoisotopic (exact) mass is 287 g/mol. The average molecular weight is 287 g/mol. The van der Waals surface area contributed by atoms with Crippen LogP contribution >= 0.6 is 0 Å². The van der Waals surface area contributed by atoms with Crippen molar-refractivity contribution in [2.45, 2.75) is 20.3 Å². The van der Waals surface area contributed by atoms with Gasteiger partial charge in [0.1, 0.15) is 12.0 Å². The van der Waals surface area contributed by atoms with Crippen LogP contribution < -0.4 is 5.32 Å². The van der Waals surface area contributed by atoms with Gasteiger partial charge >= 0.3 is 0 Å². The van der Waals surface area contributed by atoms with E-state index >= 15 is 0 Å². The zero-order valence-electron chi connectivity index (χ0n) is 12.8. The molecule has 0 aliphatic rings. The molecule has 2 aromatic heterocycles. The van der Waals surface area contributed by atoms with Gasteiger partial charge in [-0.05, 0) is 38.4 Å². The van der Waals surface area contributed by atoms with Gasteiger partial charge in [0, 0.05) is 31.2 Å². The van der Waals surface area contributed by atoms with Crippen LogP contribution in [0.15, 0.2) is 18.6 Å². The van der Waals surface area contributed by atoms with Crippen molar-refractivity contribution in [3.8, 4) is 11.5 Å². The van der Waals surface area contributed by atoms with Crippen LogP contribution in [0.25, 0.3) is 11.5 Å². The molecule has 0 aliphatic heterocycles. The predicted molar refractivity (Wildman–Crippen MR) is 81.0 cm³/mol. The standard InChI is InChI=1S/C15H21N5O/c1-11-13(4-6-16-8-9-21-3)12(2)20-15(19-11)14-5-7-17-10-18-14/h5,7,10,16H,4,6,8-9H2,1-3H3. The van der Waals surface area contributed by atoms with Gasteiger partial charge in [0.15, 0.2) is 5.82 Å². The fourth-order valence-electron chi connectivity index (χ4n) is 2.15. The Bertz CT molecular complexity index is 551. The van der Waals surface area contributed by atoms with Crippen LogP contribution in [0.2, 0.25) is 0 Å². The van der Waals surface area contributed by atoms with Gasteiger partial charge in [0.05, 0.1) is 6.61 Å². The normalized spacial score (nSPS) is 10.8. The predicted octanol–water partition coefficient (Wildman–Crippen LogP) is 1.33. The van der Waals surface area contributed by atoms with E-state index in [-0.39, 0.29) is 0 Å². The van der Waals surface area contributed by atoms with E-state index in [2.05, 4.69) is 25.3 Å². The Balaban J connectivity index is 2.07. The smallest absolute Gasteiger partial charge is 0.178 e. The maximum atomic E-state index is 5.01. The van der Waals surface area contributed by atoms with Gasteiger partial charge in [0.2, 0.25) is 0 Å². The fourth-order valence-corrected chi connectivity index (χ4v) is 2.15. The van der Waals surface area contributed by atoms with Crippen molar-refractivity contribution in [3.05, 3.63) is 35.5 Å². The van der Waals surface area contributed by atoms with Crippen molar-refractivity contribution in [2.24, 2.45) is 0 Å². The highest BCUT2D eigenvalue weighted by molar-refractivity contribution is 5.49. The molecule has 21 heavy (non-hydrogen) atoms. The highest BCUT2D eigenvalue weighted by Crippen LogP contribution is 2.16. The molecule has 0 radical (unpaired) electrons. The van der Waals surface area contributed by atoms with Crippen LogP contribution in [0, 0.1) is 13.8 Å². The number of nitrogens with one attached hydrogen (secondary N) is 1. The molecular weight excluding hydrogens is 266 g/mol. The van der Waals surface area contributed by atoms with Gasteiger partial charge in [-0.1, -0.05) is 0 Å². The third-order valence-corrected chi connectivity index (χ3v) is 3.27. The number of hydrogen-bond donors (Lipinski definition) is 1. The van der Waals surface area contributed by atoms with E-state index in [0.29, 0.717) is 5.82 Å². The molecule has 0 fully saturated rings. The van der Waals surface area contributed by atoms with Crippen LogP contribution in [0.4, 0.5) is 0 Å². The first kappa shape index (κ1) is 15.5. The molecule has 2 aromatic rings. The summed E-state index contributed by atoms with van der Waals surface area (Å²) in [5.74, 6) is 0.656. The molecule has 2 rings (SSSR count). The maximum absolute atomic E-state index is 5.01. The molecule has 6 nitrogen and oxygen atoms in total. The fraction of sp³-hybridized carbons (Fsp3) is 0.467. The highest BCUT2D eigenvalue weighted by Gasteiger charge is 2.10. The third-order valence-electron chi connectivity index (χ3n) is 3.27. The van der Waals surface area contributed by atoms with E-state index in [1.807, 2.05) is 19.9 Å². The van der Waals surface area contributed by atoms with Crippen LogP contribution in [0.1, 0.15) is 17.0 Å². The molecule has 0 saturated carbocycles. The number of aromatic nitrogens is 4. The third kappa shape index (κ3) is 4.27. The second-order valence-electron chi connectivity index (χ2n) is 4.78. The zero-order chi connectivity index (χ0) is 15.1. The molecular formula is C15H21N5O. The van der Waals surface area contributed by atoms with Gasteiger partial charge in [-0.3, -0.25) is 0 Å². The molecule has 2 heterocycles. The van der Waals surface area contributed by atoms with Crippen LogP contribution in [-0.2, 0) is 11.2 Å². The second-order valence-corrected chi connectivity index (χ2v) is 4.78. The molecule has 112 valence electrons. The first-order valence-corrected chi connectivity index (χ1v) is 7.02. The summed E-state index contributed by atoms with van der Waals surface area (Å²) in [5, 5.41) is 3.33. The number of hydrogen-bond acceptors (Lipinski definition) is 6. The molecule has 0 spiro atoms. The number of methoxy groups -OCH3 is 1. The number of ether oxygens (including phenoxy) is 1.